The summed E-state index contributed by atoms with van der Waals surface area (Å²) in [6.45, 7) is 5.95. The minimum Gasteiger partial charge on any atom is -0.486 e. The predicted molar refractivity (Wildman–Crippen MR) is 116 cm³/mol. The quantitative estimate of drug-likeness (QED) is 0.595. The molecule has 5 rings (SSSR count). The van der Waals surface area contributed by atoms with Crippen LogP contribution in [0.2, 0.25) is 0 Å². The highest BCUT2D eigenvalue weighted by Crippen LogP contribution is 2.38. The molecule has 1 saturated heterocycles. The van der Waals surface area contributed by atoms with E-state index in [2.05, 4.69) is 9.88 Å². The summed E-state index contributed by atoms with van der Waals surface area (Å²) >= 11 is 0. The van der Waals surface area contributed by atoms with Crippen LogP contribution >= 0.6 is 0 Å². The Morgan fingerprint density at radius 1 is 1.03 bits per heavy atom. The van der Waals surface area contributed by atoms with E-state index in [1.165, 1.54) is 12.1 Å². The second-order valence-corrected chi connectivity index (χ2v) is 8.30. The Hall–Kier alpha value is -3.00. The zero-order chi connectivity index (χ0) is 22.3. The van der Waals surface area contributed by atoms with Crippen molar-refractivity contribution in [1.82, 2.24) is 9.88 Å². The van der Waals surface area contributed by atoms with Crippen molar-refractivity contribution in [2.45, 2.75) is 19.2 Å². The van der Waals surface area contributed by atoms with Crippen LogP contribution in [-0.2, 0) is 6.18 Å². The van der Waals surface area contributed by atoms with Gasteiger partial charge in [0.05, 0.1) is 11.1 Å². The Morgan fingerprint density at radius 2 is 1.84 bits per heavy atom. The number of hydrogen-bond acceptors (Lipinski definition) is 5. The number of rotatable bonds is 3. The fourth-order valence-corrected chi connectivity index (χ4v) is 4.32. The highest BCUT2D eigenvalue weighted by Gasteiger charge is 2.31. The van der Waals surface area contributed by atoms with Crippen LogP contribution in [0.25, 0.3) is 10.9 Å². The Kier molecular flexibility index (Phi) is 5.33. The van der Waals surface area contributed by atoms with Crippen molar-refractivity contribution in [1.29, 1.82) is 0 Å². The van der Waals surface area contributed by atoms with Crippen molar-refractivity contribution in [3.8, 4) is 11.5 Å². The molecule has 0 bridgehead atoms. The summed E-state index contributed by atoms with van der Waals surface area (Å²) in [5.41, 5.74) is 1.83. The van der Waals surface area contributed by atoms with Gasteiger partial charge in [-0.3, -0.25) is 9.88 Å². The first-order valence-electron chi connectivity index (χ1n) is 10.7. The smallest absolute Gasteiger partial charge is 0.416 e. The van der Waals surface area contributed by atoms with Crippen LogP contribution in [-0.4, -0.2) is 55.3 Å². The van der Waals surface area contributed by atoms with Gasteiger partial charge in [0.25, 0.3) is 0 Å². The molecule has 168 valence electrons. The summed E-state index contributed by atoms with van der Waals surface area (Å²) in [4.78, 5) is 8.84. The molecule has 5 nitrogen and oxygen atoms in total. The summed E-state index contributed by atoms with van der Waals surface area (Å²) < 4.78 is 51.3. The monoisotopic (exact) mass is 443 g/mol. The van der Waals surface area contributed by atoms with Crippen LogP contribution in [0.1, 0.15) is 11.3 Å². The molecule has 0 unspecified atom stereocenters. The van der Waals surface area contributed by atoms with E-state index in [1.807, 2.05) is 36.1 Å². The van der Waals surface area contributed by atoms with Gasteiger partial charge in [-0.1, -0.05) is 6.07 Å². The number of aromatic nitrogens is 1. The lowest BCUT2D eigenvalue weighted by Gasteiger charge is -2.38. The number of alkyl halides is 3. The van der Waals surface area contributed by atoms with E-state index >= 15 is 0 Å². The van der Waals surface area contributed by atoms with E-state index in [9.17, 15) is 13.2 Å². The van der Waals surface area contributed by atoms with Crippen molar-refractivity contribution in [2.75, 3.05) is 44.2 Å². The largest absolute Gasteiger partial charge is 0.486 e. The lowest BCUT2D eigenvalue weighted by Crippen LogP contribution is -2.50. The van der Waals surface area contributed by atoms with Crippen molar-refractivity contribution < 1.29 is 22.6 Å². The minimum atomic E-state index is -4.33. The Balaban J connectivity index is 1.22. The van der Waals surface area contributed by atoms with E-state index in [0.29, 0.717) is 31.9 Å². The van der Waals surface area contributed by atoms with Gasteiger partial charge in [0.15, 0.2) is 11.5 Å². The molecule has 2 aliphatic rings. The number of fused-ring (bicyclic) bond motifs is 3. The first kappa shape index (κ1) is 20.9. The Bertz CT molecular complexity index is 1130. The van der Waals surface area contributed by atoms with E-state index in [4.69, 9.17) is 9.47 Å². The van der Waals surface area contributed by atoms with Gasteiger partial charge in [0.1, 0.15) is 12.7 Å². The second kappa shape index (κ2) is 8.16. The maximum atomic E-state index is 13.0. The highest BCUT2D eigenvalue weighted by atomic mass is 19.4. The number of ether oxygens (including phenoxy) is 2. The lowest BCUT2D eigenvalue weighted by molar-refractivity contribution is -0.137. The van der Waals surface area contributed by atoms with Gasteiger partial charge in [0, 0.05) is 49.5 Å². The SMILES string of the molecule is Cc1ccc2c3c(ccc2n1)OC[C@H](CN1CCN(c2cccc(C(F)(F)F)c2)CC1)O3. The van der Waals surface area contributed by atoms with E-state index in [1.54, 1.807) is 6.07 Å². The van der Waals surface area contributed by atoms with E-state index < -0.39 is 11.7 Å². The molecule has 1 fully saturated rings. The van der Waals surface area contributed by atoms with Crippen LogP contribution in [0.15, 0.2) is 48.5 Å². The number of benzene rings is 2. The Morgan fingerprint density at radius 3 is 2.62 bits per heavy atom. The third-order valence-electron chi connectivity index (χ3n) is 6.01. The lowest BCUT2D eigenvalue weighted by atomic mass is 10.1. The van der Waals surface area contributed by atoms with Crippen LogP contribution in [0, 0.1) is 6.92 Å². The second-order valence-electron chi connectivity index (χ2n) is 8.30. The molecule has 0 saturated carbocycles. The number of halogens is 3. The number of anilines is 1. The zero-order valence-electron chi connectivity index (χ0n) is 17.7. The minimum absolute atomic E-state index is 0.116. The van der Waals surface area contributed by atoms with Crippen LogP contribution in [0.5, 0.6) is 11.5 Å². The highest BCUT2D eigenvalue weighted by molar-refractivity contribution is 5.88. The molecule has 1 aromatic heterocycles. The third-order valence-corrected chi connectivity index (χ3v) is 6.01. The predicted octanol–water partition coefficient (Wildman–Crippen LogP) is 4.52. The number of aryl methyl sites for hydroxylation is 1. The van der Waals surface area contributed by atoms with Gasteiger partial charge in [-0.2, -0.15) is 13.2 Å². The molecule has 2 aliphatic heterocycles. The molecular formula is C24H24F3N3O2. The van der Waals surface area contributed by atoms with Gasteiger partial charge in [-0.15, -0.1) is 0 Å². The van der Waals surface area contributed by atoms with Crippen molar-refractivity contribution >= 4 is 16.6 Å². The average molecular weight is 443 g/mol. The molecule has 3 aromatic rings. The fourth-order valence-electron chi connectivity index (χ4n) is 4.32. The summed E-state index contributed by atoms with van der Waals surface area (Å²) in [5, 5.41) is 0.937. The summed E-state index contributed by atoms with van der Waals surface area (Å²) in [6, 6.07) is 13.4. The molecule has 0 aliphatic carbocycles. The van der Waals surface area contributed by atoms with Gasteiger partial charge < -0.3 is 14.4 Å². The molecule has 3 heterocycles. The average Bonchev–Trinajstić information content (AvgIpc) is 2.79. The van der Waals surface area contributed by atoms with Crippen LogP contribution in [0.4, 0.5) is 18.9 Å². The summed E-state index contributed by atoms with van der Waals surface area (Å²) in [5.74, 6) is 1.46. The number of hydrogen-bond donors (Lipinski definition) is 0. The molecule has 8 heteroatoms. The fraction of sp³-hybridized carbons (Fsp3) is 0.375. The van der Waals surface area contributed by atoms with Crippen molar-refractivity contribution in [3.05, 3.63) is 59.8 Å². The summed E-state index contributed by atoms with van der Waals surface area (Å²) in [7, 11) is 0. The standard InChI is InChI=1S/C24H24F3N3O2/c1-16-5-6-20-21(28-16)7-8-22-23(20)32-19(15-31-22)14-29-9-11-30(12-10-29)18-4-2-3-17(13-18)24(25,26)27/h2-8,13,19H,9-12,14-15H2,1H3/t19-/m0/s1. The van der Waals surface area contributed by atoms with Crippen LogP contribution < -0.4 is 14.4 Å². The molecule has 0 spiro atoms. The van der Waals surface area contributed by atoms with E-state index in [0.717, 1.165) is 47.3 Å². The maximum Gasteiger partial charge on any atom is 0.416 e. The Labute approximate surface area is 184 Å². The molecule has 0 amide bonds. The molecular weight excluding hydrogens is 419 g/mol. The molecule has 0 N–H and O–H groups in total. The van der Waals surface area contributed by atoms with Crippen LogP contribution in [0.3, 0.4) is 0 Å². The normalized spacial score (nSPS) is 19.4. The molecule has 2 aromatic carbocycles. The zero-order valence-corrected chi connectivity index (χ0v) is 17.7. The van der Waals surface area contributed by atoms with Crippen molar-refractivity contribution in [3.63, 3.8) is 0 Å². The van der Waals surface area contributed by atoms with Gasteiger partial charge in [-0.05, 0) is 49.4 Å². The maximum absolute atomic E-state index is 13.0. The first-order valence-corrected chi connectivity index (χ1v) is 10.7. The van der Waals surface area contributed by atoms with Gasteiger partial charge in [0.2, 0.25) is 0 Å². The van der Waals surface area contributed by atoms with E-state index in [-0.39, 0.29) is 6.10 Å². The van der Waals surface area contributed by atoms with Gasteiger partial charge in [-0.25, -0.2) is 0 Å². The third kappa shape index (κ3) is 4.19. The van der Waals surface area contributed by atoms with Gasteiger partial charge >= 0.3 is 6.18 Å². The van der Waals surface area contributed by atoms with Crippen molar-refractivity contribution in [2.24, 2.45) is 0 Å². The molecule has 1 atom stereocenters. The first-order chi connectivity index (χ1) is 15.4. The number of nitrogens with zero attached hydrogens (tertiary/aromatic N) is 3. The summed E-state index contributed by atoms with van der Waals surface area (Å²) in [6.07, 6.45) is -4.44. The topological polar surface area (TPSA) is 37.8 Å². The number of piperazine rings is 1. The molecule has 0 radical (unpaired) electrons. The number of pyridine rings is 1. The molecule has 32 heavy (non-hydrogen) atoms.